The van der Waals surface area contributed by atoms with Crippen molar-refractivity contribution in [1.82, 2.24) is 15.0 Å². The molecule has 0 aliphatic heterocycles. The number of pyridine rings is 1. The second-order valence-electron chi connectivity index (χ2n) is 6.44. The highest BCUT2D eigenvalue weighted by molar-refractivity contribution is 7.71. The van der Waals surface area contributed by atoms with E-state index in [4.69, 9.17) is 12.2 Å². The second kappa shape index (κ2) is 7.19. The number of nitrogens with one attached hydrogen (secondary N) is 3. The molecule has 0 saturated heterocycles. The average molecular weight is 356 g/mol. The Morgan fingerprint density at radius 2 is 1.64 bits per heavy atom. The second-order valence-corrected chi connectivity index (χ2v) is 6.85. The molecule has 0 radical (unpaired) electrons. The van der Waals surface area contributed by atoms with Gasteiger partial charge in [0, 0.05) is 23.4 Å². The van der Waals surface area contributed by atoms with Gasteiger partial charge in [0.25, 0.3) is 0 Å². The van der Waals surface area contributed by atoms with E-state index < -0.39 is 0 Å². The van der Waals surface area contributed by atoms with Gasteiger partial charge in [-0.3, -0.25) is 0 Å². The Hall–Kier alpha value is -2.47. The summed E-state index contributed by atoms with van der Waals surface area (Å²) >= 11 is 5.27. The molecule has 3 aromatic rings. The third-order valence-corrected chi connectivity index (χ3v) is 4.49. The molecule has 0 spiro atoms. The van der Waals surface area contributed by atoms with Gasteiger partial charge in [-0.15, -0.1) is 0 Å². The fourth-order valence-electron chi connectivity index (χ4n) is 2.50. The number of hydrogen-bond acceptors (Lipinski definition) is 3. The van der Waals surface area contributed by atoms with Crippen LogP contribution in [0.2, 0.25) is 0 Å². The van der Waals surface area contributed by atoms with Crippen molar-refractivity contribution in [3.63, 3.8) is 0 Å². The average Bonchev–Trinajstić information content (AvgIpc) is 2.97. The maximum atomic E-state index is 13.2. The smallest absolute Gasteiger partial charge is 0.175 e. The number of aromatic amines is 2. The molecule has 1 atom stereocenters. The molecular weight excluding hydrogens is 335 g/mol. The third-order valence-electron chi connectivity index (χ3n) is 4.28. The summed E-state index contributed by atoms with van der Waals surface area (Å²) in [7, 11) is 0. The Morgan fingerprint density at radius 1 is 1.00 bits per heavy atom. The van der Waals surface area contributed by atoms with Crippen LogP contribution >= 0.6 is 12.2 Å². The molecule has 0 aliphatic rings. The van der Waals surface area contributed by atoms with Gasteiger partial charge in [-0.25, -0.2) is 9.37 Å². The van der Waals surface area contributed by atoms with Gasteiger partial charge >= 0.3 is 0 Å². The van der Waals surface area contributed by atoms with Crippen LogP contribution in [0.25, 0.3) is 22.5 Å². The molecule has 1 unspecified atom stereocenters. The standard InChI is InChI=1S/C19H21FN4S/c1-11(2)12(3)22-16-10-14(8-9-21-16)18-17(23-19(25)24-18)13-4-6-15(20)7-5-13/h4-12H,1-3H3,(H,21,22)(H2,23,24,25). The summed E-state index contributed by atoms with van der Waals surface area (Å²) in [6, 6.07) is 10.6. The first-order valence-corrected chi connectivity index (χ1v) is 8.66. The number of halogens is 1. The summed E-state index contributed by atoms with van der Waals surface area (Å²) in [6.45, 7) is 6.46. The van der Waals surface area contributed by atoms with Crippen LogP contribution in [0.4, 0.5) is 10.2 Å². The molecule has 130 valence electrons. The molecule has 25 heavy (non-hydrogen) atoms. The lowest BCUT2D eigenvalue weighted by atomic mass is 10.0. The van der Waals surface area contributed by atoms with Crippen molar-refractivity contribution in [2.45, 2.75) is 26.8 Å². The first kappa shape index (κ1) is 17.4. The van der Waals surface area contributed by atoms with E-state index in [9.17, 15) is 4.39 Å². The Bertz CT molecular complexity index is 912. The molecule has 4 nitrogen and oxygen atoms in total. The van der Waals surface area contributed by atoms with Crippen molar-refractivity contribution in [2.75, 3.05) is 5.32 Å². The molecule has 2 heterocycles. The van der Waals surface area contributed by atoms with Crippen molar-refractivity contribution >= 4 is 18.0 Å². The summed E-state index contributed by atoms with van der Waals surface area (Å²) in [5.41, 5.74) is 3.52. The van der Waals surface area contributed by atoms with Gasteiger partial charge < -0.3 is 15.3 Å². The lowest BCUT2D eigenvalue weighted by molar-refractivity contribution is 0.558. The molecule has 6 heteroatoms. The van der Waals surface area contributed by atoms with Crippen molar-refractivity contribution in [3.05, 3.63) is 53.2 Å². The van der Waals surface area contributed by atoms with Gasteiger partial charge in [0.1, 0.15) is 11.6 Å². The Kier molecular flexibility index (Phi) is 4.99. The number of nitrogens with zero attached hydrogens (tertiary/aromatic N) is 1. The first-order valence-electron chi connectivity index (χ1n) is 8.25. The van der Waals surface area contributed by atoms with Crippen molar-refractivity contribution in [1.29, 1.82) is 0 Å². The largest absolute Gasteiger partial charge is 0.367 e. The van der Waals surface area contributed by atoms with E-state index in [2.05, 4.69) is 41.0 Å². The number of aromatic nitrogens is 3. The van der Waals surface area contributed by atoms with Crippen LogP contribution in [0.3, 0.4) is 0 Å². The van der Waals surface area contributed by atoms with E-state index in [0.717, 1.165) is 28.3 Å². The molecule has 0 bridgehead atoms. The van der Waals surface area contributed by atoms with Crippen LogP contribution in [0, 0.1) is 16.5 Å². The minimum atomic E-state index is -0.266. The van der Waals surface area contributed by atoms with Crippen molar-refractivity contribution in [3.8, 4) is 22.5 Å². The van der Waals surface area contributed by atoms with Crippen LogP contribution in [0.1, 0.15) is 20.8 Å². The number of benzene rings is 1. The van der Waals surface area contributed by atoms with Crippen LogP contribution in [0.5, 0.6) is 0 Å². The summed E-state index contributed by atoms with van der Waals surface area (Å²) < 4.78 is 13.7. The molecule has 2 aromatic heterocycles. The Labute approximate surface area is 151 Å². The zero-order valence-corrected chi connectivity index (χ0v) is 15.2. The molecule has 0 saturated carbocycles. The fourth-order valence-corrected chi connectivity index (χ4v) is 2.70. The lowest BCUT2D eigenvalue weighted by Crippen LogP contribution is -2.22. The number of anilines is 1. The zero-order valence-electron chi connectivity index (χ0n) is 14.4. The SMILES string of the molecule is CC(C)C(C)Nc1cc(-c2[nH]c(=S)[nH]c2-c2ccc(F)cc2)ccn1. The van der Waals surface area contributed by atoms with Crippen LogP contribution in [-0.2, 0) is 0 Å². The fraction of sp³-hybridized carbons (Fsp3) is 0.263. The molecular formula is C19H21FN4S. The Balaban J connectivity index is 2.00. The first-order chi connectivity index (χ1) is 11.9. The number of hydrogen-bond donors (Lipinski definition) is 3. The predicted molar refractivity (Wildman–Crippen MR) is 103 cm³/mol. The number of rotatable bonds is 5. The molecule has 0 amide bonds. The molecule has 3 rings (SSSR count). The maximum Gasteiger partial charge on any atom is 0.175 e. The minimum absolute atomic E-state index is 0.266. The summed E-state index contributed by atoms with van der Waals surface area (Å²) in [6.07, 6.45) is 1.77. The van der Waals surface area contributed by atoms with E-state index in [0.29, 0.717) is 16.7 Å². The summed E-state index contributed by atoms with van der Waals surface area (Å²) in [5, 5.41) is 3.41. The minimum Gasteiger partial charge on any atom is -0.367 e. The van der Waals surface area contributed by atoms with Gasteiger partial charge in [0.05, 0.1) is 11.4 Å². The van der Waals surface area contributed by atoms with Crippen LogP contribution in [-0.4, -0.2) is 21.0 Å². The van der Waals surface area contributed by atoms with Crippen molar-refractivity contribution < 1.29 is 4.39 Å². The van der Waals surface area contributed by atoms with E-state index in [1.165, 1.54) is 12.1 Å². The van der Waals surface area contributed by atoms with Crippen molar-refractivity contribution in [2.24, 2.45) is 5.92 Å². The van der Waals surface area contributed by atoms with E-state index in [1.807, 2.05) is 12.1 Å². The van der Waals surface area contributed by atoms with Gasteiger partial charge in [-0.1, -0.05) is 13.8 Å². The number of H-pyrrole nitrogens is 2. The zero-order chi connectivity index (χ0) is 18.0. The molecule has 0 fully saturated rings. The molecule has 0 aliphatic carbocycles. The van der Waals surface area contributed by atoms with E-state index in [-0.39, 0.29) is 5.82 Å². The number of imidazole rings is 1. The van der Waals surface area contributed by atoms with Crippen LogP contribution in [0.15, 0.2) is 42.6 Å². The van der Waals surface area contributed by atoms with Gasteiger partial charge in [0.15, 0.2) is 4.77 Å². The highest BCUT2D eigenvalue weighted by Crippen LogP contribution is 2.30. The Morgan fingerprint density at radius 3 is 2.28 bits per heavy atom. The third kappa shape index (κ3) is 3.96. The summed E-state index contributed by atoms with van der Waals surface area (Å²) in [5.74, 6) is 1.04. The lowest BCUT2D eigenvalue weighted by Gasteiger charge is -2.18. The predicted octanol–water partition coefficient (Wildman–Crippen LogP) is 5.40. The highest BCUT2D eigenvalue weighted by atomic mass is 32.1. The van der Waals surface area contributed by atoms with Crippen LogP contribution < -0.4 is 5.32 Å². The van der Waals surface area contributed by atoms with Gasteiger partial charge in [-0.2, -0.15) is 0 Å². The van der Waals surface area contributed by atoms with E-state index >= 15 is 0 Å². The quantitative estimate of drug-likeness (QED) is 0.537. The maximum absolute atomic E-state index is 13.2. The van der Waals surface area contributed by atoms with E-state index in [1.54, 1.807) is 18.3 Å². The molecule has 3 N–H and O–H groups in total. The monoisotopic (exact) mass is 356 g/mol. The normalized spacial score (nSPS) is 12.4. The topological polar surface area (TPSA) is 56.5 Å². The summed E-state index contributed by atoms with van der Waals surface area (Å²) in [4.78, 5) is 10.7. The van der Waals surface area contributed by atoms with Gasteiger partial charge in [-0.05, 0) is 61.5 Å². The highest BCUT2D eigenvalue weighted by Gasteiger charge is 2.13. The van der Waals surface area contributed by atoms with Gasteiger partial charge in [0.2, 0.25) is 0 Å². The molecule has 1 aromatic carbocycles.